The number of halogens is 1. The second kappa shape index (κ2) is 8.08. The molecule has 4 rings (SSSR count). The number of rotatable bonds is 7. The maximum atomic E-state index is 13.0. The molecule has 1 aliphatic rings. The first-order chi connectivity index (χ1) is 14.1. The number of ketones is 1. The summed E-state index contributed by atoms with van der Waals surface area (Å²) in [6.45, 7) is 1.02. The van der Waals surface area contributed by atoms with Gasteiger partial charge in [0.05, 0.1) is 18.8 Å². The van der Waals surface area contributed by atoms with E-state index in [9.17, 15) is 14.7 Å². The van der Waals surface area contributed by atoms with Crippen LogP contribution < -0.4 is 9.67 Å². The number of nitrogens with zero attached hydrogens (tertiary/aromatic N) is 2. The normalized spacial score (nSPS) is 16.7. The molecule has 0 saturated heterocycles. The van der Waals surface area contributed by atoms with Crippen molar-refractivity contribution in [2.24, 2.45) is 0 Å². The molecule has 1 aromatic carbocycles. The Morgan fingerprint density at radius 2 is 2.17 bits per heavy atom. The van der Waals surface area contributed by atoms with E-state index in [4.69, 9.17) is 4.42 Å². The van der Waals surface area contributed by atoms with Crippen molar-refractivity contribution in [2.75, 3.05) is 6.54 Å². The maximum absolute atomic E-state index is 13.0. The topological polar surface area (TPSA) is 93.2 Å². The first-order valence-electron chi connectivity index (χ1n) is 9.14. The van der Waals surface area contributed by atoms with Crippen LogP contribution in [0.5, 0.6) is 0 Å². The summed E-state index contributed by atoms with van der Waals surface area (Å²) in [4.78, 5) is 30.2. The number of carbonyl (C=O) groups is 2. The third kappa shape index (κ3) is 3.75. The molecule has 1 aliphatic heterocycles. The quantitative estimate of drug-likeness (QED) is 0.436. The van der Waals surface area contributed by atoms with E-state index in [1.807, 2.05) is 47.6 Å². The zero-order valence-electron chi connectivity index (χ0n) is 15.4. The average molecular weight is 456 g/mol. The average Bonchev–Trinajstić information content (AvgIpc) is 3.46. The molecule has 8 heteroatoms. The molecule has 7 nitrogen and oxygen atoms in total. The smallest absolute Gasteiger partial charge is 0.241 e. The van der Waals surface area contributed by atoms with Gasteiger partial charge in [-0.15, -0.1) is 0 Å². The van der Waals surface area contributed by atoms with E-state index in [-0.39, 0.29) is 11.3 Å². The van der Waals surface area contributed by atoms with Crippen molar-refractivity contribution in [3.63, 3.8) is 0 Å². The molecule has 0 spiro atoms. The van der Waals surface area contributed by atoms with E-state index in [1.54, 1.807) is 6.07 Å². The summed E-state index contributed by atoms with van der Waals surface area (Å²) in [5.74, 6) is -1.94. The number of amides is 1. The van der Waals surface area contributed by atoms with Crippen molar-refractivity contribution in [2.45, 2.75) is 19.0 Å². The number of furan rings is 1. The minimum atomic E-state index is -0.773. The Labute approximate surface area is 175 Å². The Bertz CT molecular complexity index is 1060. The van der Waals surface area contributed by atoms with Crippen LogP contribution in [0, 0.1) is 0 Å². The van der Waals surface area contributed by atoms with Crippen molar-refractivity contribution >= 4 is 27.6 Å². The number of carbonyl (C=O) groups excluding carboxylic acids is 2. The Hall–Kier alpha value is -3.13. The molecule has 1 N–H and O–H groups in total. The minimum Gasteiger partial charge on any atom is -0.868 e. The largest absolute Gasteiger partial charge is 0.868 e. The molecule has 1 atom stereocenters. The number of Topliss-reactive ketones (excluding diaryl/α,β-unsaturated/α-hetero) is 1. The number of H-pyrrole nitrogens is 1. The van der Waals surface area contributed by atoms with E-state index in [1.165, 1.54) is 17.2 Å². The van der Waals surface area contributed by atoms with E-state index in [0.717, 1.165) is 4.47 Å². The van der Waals surface area contributed by atoms with Gasteiger partial charge in [0, 0.05) is 23.0 Å². The first kappa shape index (κ1) is 19.2. The van der Waals surface area contributed by atoms with Gasteiger partial charge in [0.15, 0.2) is 5.76 Å². The number of aromatic nitrogens is 2. The standard InChI is InChI=1S/C21H18BrN3O4/c22-15-5-1-4-14(12-15)18-17(19(26)16-6-2-11-29-16)20(27)21(28)25(18)9-3-8-24-10-7-23-13-24/h1-2,4-7,10-13,18H,3,8-9H2,(H,26,27). The minimum absolute atomic E-state index is 0.0471. The van der Waals surface area contributed by atoms with Gasteiger partial charge in [0.1, 0.15) is 12.4 Å². The van der Waals surface area contributed by atoms with Crippen molar-refractivity contribution in [3.8, 4) is 0 Å². The predicted octanol–water partition coefficient (Wildman–Crippen LogP) is 2.13. The first-order valence-corrected chi connectivity index (χ1v) is 9.93. The van der Waals surface area contributed by atoms with Crippen LogP contribution in [0.4, 0.5) is 0 Å². The van der Waals surface area contributed by atoms with E-state index < -0.39 is 23.5 Å². The number of nitrogens with one attached hydrogen (secondary N) is 1. The number of benzene rings is 1. The summed E-state index contributed by atoms with van der Waals surface area (Å²) in [6, 6.07) is 9.62. The molecule has 0 bridgehead atoms. The van der Waals surface area contributed by atoms with Gasteiger partial charge in [-0.3, -0.25) is 14.6 Å². The highest BCUT2D eigenvalue weighted by Gasteiger charge is 2.40. The van der Waals surface area contributed by atoms with Crippen LogP contribution in [0.2, 0.25) is 0 Å². The van der Waals surface area contributed by atoms with Crippen LogP contribution in [0.25, 0.3) is 0 Å². The maximum Gasteiger partial charge on any atom is 0.241 e. The van der Waals surface area contributed by atoms with Crippen LogP contribution >= 0.6 is 15.9 Å². The number of hydrogen-bond acceptors (Lipinski definition) is 4. The second-order valence-electron chi connectivity index (χ2n) is 6.71. The fourth-order valence-corrected chi connectivity index (χ4v) is 3.96. The van der Waals surface area contributed by atoms with Crippen molar-refractivity contribution in [3.05, 3.63) is 88.5 Å². The fraction of sp³-hybridized carbons (Fsp3) is 0.190. The van der Waals surface area contributed by atoms with Crippen molar-refractivity contribution < 1.29 is 23.7 Å². The van der Waals surface area contributed by atoms with Crippen LogP contribution in [-0.2, 0) is 11.3 Å². The highest BCUT2D eigenvalue weighted by Crippen LogP contribution is 2.38. The lowest BCUT2D eigenvalue weighted by Gasteiger charge is -2.27. The zero-order valence-corrected chi connectivity index (χ0v) is 17.0. The van der Waals surface area contributed by atoms with Gasteiger partial charge in [0.25, 0.3) is 0 Å². The third-order valence-corrected chi connectivity index (χ3v) is 5.35. The number of hydrogen-bond donors (Lipinski definition) is 1. The highest BCUT2D eigenvalue weighted by atomic mass is 79.9. The Balaban J connectivity index is 1.67. The second-order valence-corrected chi connectivity index (χ2v) is 7.62. The molecule has 29 heavy (non-hydrogen) atoms. The van der Waals surface area contributed by atoms with Gasteiger partial charge in [-0.2, -0.15) is 0 Å². The summed E-state index contributed by atoms with van der Waals surface area (Å²) in [5, 5.41) is 12.8. The SMILES string of the molecule is O=C(C1=C([O-])C(=O)N(CCC[n+]2cc[nH]c2)C1c1cccc(Br)c1)c1ccco1. The number of aromatic amines is 1. The number of aryl methyl sites for hydroxylation is 1. The molecule has 0 radical (unpaired) electrons. The summed E-state index contributed by atoms with van der Waals surface area (Å²) in [7, 11) is 0. The molecule has 0 fully saturated rings. The van der Waals surface area contributed by atoms with Crippen molar-refractivity contribution in [1.82, 2.24) is 9.88 Å². The molecule has 0 aliphatic carbocycles. The van der Waals surface area contributed by atoms with Gasteiger partial charge in [-0.1, -0.05) is 28.1 Å². The Kier molecular flexibility index (Phi) is 5.35. The van der Waals surface area contributed by atoms with E-state index in [0.29, 0.717) is 25.1 Å². The highest BCUT2D eigenvalue weighted by molar-refractivity contribution is 9.10. The number of imidazole rings is 1. The van der Waals surface area contributed by atoms with Gasteiger partial charge >= 0.3 is 0 Å². The lowest BCUT2D eigenvalue weighted by atomic mass is 9.95. The van der Waals surface area contributed by atoms with Gasteiger partial charge < -0.3 is 14.4 Å². The molecule has 0 saturated carbocycles. The summed E-state index contributed by atoms with van der Waals surface area (Å²) >= 11 is 3.43. The summed E-state index contributed by atoms with van der Waals surface area (Å²) in [6.07, 6.45) is 7.52. The summed E-state index contributed by atoms with van der Waals surface area (Å²) in [5.41, 5.74) is 0.625. The van der Waals surface area contributed by atoms with Crippen LogP contribution in [0.1, 0.15) is 28.6 Å². The lowest BCUT2D eigenvalue weighted by Crippen LogP contribution is -2.37. The molecular formula is C21H18BrN3O4. The molecule has 3 aromatic rings. The molecule has 148 valence electrons. The van der Waals surface area contributed by atoms with Crippen molar-refractivity contribution in [1.29, 1.82) is 0 Å². The molecule has 3 heterocycles. The molecule has 1 amide bonds. The summed E-state index contributed by atoms with van der Waals surface area (Å²) < 4.78 is 7.95. The van der Waals surface area contributed by atoms with Gasteiger partial charge in [-0.25, -0.2) is 4.57 Å². The Morgan fingerprint density at radius 3 is 2.86 bits per heavy atom. The lowest BCUT2D eigenvalue weighted by molar-refractivity contribution is -0.695. The molecular weight excluding hydrogens is 438 g/mol. The third-order valence-electron chi connectivity index (χ3n) is 4.86. The molecule has 1 unspecified atom stereocenters. The van der Waals surface area contributed by atoms with Gasteiger partial charge in [0.2, 0.25) is 18.0 Å². The van der Waals surface area contributed by atoms with Gasteiger partial charge in [-0.05, 0) is 35.6 Å². The van der Waals surface area contributed by atoms with Crippen LogP contribution in [-0.4, -0.2) is 28.1 Å². The van der Waals surface area contributed by atoms with E-state index >= 15 is 0 Å². The van der Waals surface area contributed by atoms with Crippen LogP contribution in [0.15, 0.2) is 81.6 Å². The predicted molar refractivity (Wildman–Crippen MR) is 104 cm³/mol. The molecule has 2 aromatic heterocycles. The zero-order chi connectivity index (χ0) is 20.4. The van der Waals surface area contributed by atoms with Crippen LogP contribution in [0.3, 0.4) is 0 Å². The van der Waals surface area contributed by atoms with E-state index in [2.05, 4.69) is 20.9 Å². The Morgan fingerprint density at radius 1 is 1.31 bits per heavy atom. The fourth-order valence-electron chi connectivity index (χ4n) is 3.55. The monoisotopic (exact) mass is 455 g/mol.